The third kappa shape index (κ3) is 1.41. The van der Waals surface area contributed by atoms with E-state index in [1.54, 1.807) is 0 Å². The Kier molecular flexibility index (Phi) is 2.31. The molecule has 1 heterocycles. The Labute approximate surface area is 85.0 Å². The lowest BCUT2D eigenvalue weighted by Crippen LogP contribution is -2.26. The van der Waals surface area contributed by atoms with Crippen LogP contribution in [0.5, 0.6) is 5.75 Å². The van der Waals surface area contributed by atoms with E-state index in [0.29, 0.717) is 6.61 Å². The van der Waals surface area contributed by atoms with Gasteiger partial charge in [0.15, 0.2) is 0 Å². The van der Waals surface area contributed by atoms with E-state index in [4.69, 9.17) is 10.5 Å². The summed E-state index contributed by atoms with van der Waals surface area (Å²) < 4.78 is 5.56. The summed E-state index contributed by atoms with van der Waals surface area (Å²) in [4.78, 5) is 0. The van der Waals surface area contributed by atoms with Gasteiger partial charge in [0.25, 0.3) is 0 Å². The first-order valence-electron chi connectivity index (χ1n) is 4.77. The summed E-state index contributed by atoms with van der Waals surface area (Å²) in [5, 5.41) is 3.20. The molecule has 0 fully saturated rings. The average molecular weight is 192 g/mol. The van der Waals surface area contributed by atoms with Crippen molar-refractivity contribution in [3.8, 4) is 5.75 Å². The van der Waals surface area contributed by atoms with Crippen molar-refractivity contribution in [2.45, 2.75) is 6.92 Å². The molecule has 1 aliphatic heterocycles. The molecule has 0 saturated heterocycles. The zero-order valence-corrected chi connectivity index (χ0v) is 8.21. The molecule has 3 N–H and O–H groups in total. The highest BCUT2D eigenvalue weighted by atomic mass is 16.5. The number of ether oxygens (including phenoxy) is 1. The van der Waals surface area contributed by atoms with Crippen LogP contribution in [0.2, 0.25) is 0 Å². The Morgan fingerprint density at radius 1 is 1.50 bits per heavy atom. The number of likely N-dealkylation sites (N-methyl/N-ethyl adjacent to an activating group) is 1. The topological polar surface area (TPSA) is 47.3 Å². The van der Waals surface area contributed by atoms with Crippen molar-refractivity contribution >= 4 is 5.70 Å². The van der Waals surface area contributed by atoms with Crippen LogP contribution in [0.4, 0.5) is 0 Å². The molecule has 0 aromatic heterocycles. The van der Waals surface area contributed by atoms with Gasteiger partial charge in [-0.15, -0.1) is 0 Å². The number of benzene rings is 1. The van der Waals surface area contributed by atoms with E-state index in [-0.39, 0.29) is 1.43 Å². The van der Waals surface area contributed by atoms with Gasteiger partial charge < -0.3 is 15.8 Å². The lowest BCUT2D eigenvalue weighted by atomic mass is 10.1. The molecule has 0 unspecified atom stereocenters. The van der Waals surface area contributed by atoms with E-state index in [1.807, 2.05) is 31.2 Å². The second-order valence-electron chi connectivity index (χ2n) is 3.21. The van der Waals surface area contributed by atoms with E-state index in [1.165, 1.54) is 0 Å². The standard InChI is InChI=1S/C11H14N2O.H2/c1-2-13-9-7-14-10-6-4-3-5-8(10)11(9)12;/h3-6,13H,2,7,12H2,1H3;1H. The Hall–Kier alpha value is -1.64. The van der Waals surface area contributed by atoms with Crippen LogP contribution in [0, 0.1) is 0 Å². The van der Waals surface area contributed by atoms with Crippen LogP contribution < -0.4 is 15.8 Å². The first-order valence-corrected chi connectivity index (χ1v) is 4.77. The number of rotatable bonds is 2. The van der Waals surface area contributed by atoms with Crippen molar-refractivity contribution in [2.75, 3.05) is 13.2 Å². The fraction of sp³-hybridized carbons (Fsp3) is 0.273. The van der Waals surface area contributed by atoms with E-state index >= 15 is 0 Å². The summed E-state index contributed by atoms with van der Waals surface area (Å²) in [6.45, 7) is 3.44. The Bertz CT molecular complexity index is 377. The fourth-order valence-corrected chi connectivity index (χ4v) is 1.56. The van der Waals surface area contributed by atoms with Gasteiger partial charge in [-0.05, 0) is 19.1 Å². The predicted molar refractivity (Wildman–Crippen MR) is 58.8 cm³/mol. The van der Waals surface area contributed by atoms with Crippen molar-refractivity contribution in [2.24, 2.45) is 5.73 Å². The molecule has 0 spiro atoms. The summed E-state index contributed by atoms with van der Waals surface area (Å²) in [5.41, 5.74) is 8.77. The van der Waals surface area contributed by atoms with Crippen molar-refractivity contribution in [3.05, 3.63) is 35.5 Å². The molecule has 76 valence electrons. The third-order valence-corrected chi connectivity index (χ3v) is 2.26. The van der Waals surface area contributed by atoms with Gasteiger partial charge in [-0.2, -0.15) is 0 Å². The molecule has 0 bridgehead atoms. The highest BCUT2D eigenvalue weighted by Crippen LogP contribution is 2.28. The van der Waals surface area contributed by atoms with Crippen LogP contribution >= 0.6 is 0 Å². The summed E-state index contributed by atoms with van der Waals surface area (Å²) in [7, 11) is 0. The van der Waals surface area contributed by atoms with Gasteiger partial charge in [0.05, 0.1) is 11.4 Å². The van der Waals surface area contributed by atoms with Crippen molar-refractivity contribution in [3.63, 3.8) is 0 Å². The van der Waals surface area contributed by atoms with Crippen molar-refractivity contribution in [1.82, 2.24) is 5.32 Å². The maximum Gasteiger partial charge on any atom is 0.130 e. The summed E-state index contributed by atoms with van der Waals surface area (Å²) >= 11 is 0. The molecule has 0 saturated carbocycles. The van der Waals surface area contributed by atoms with Crippen LogP contribution in [0.3, 0.4) is 0 Å². The molecule has 14 heavy (non-hydrogen) atoms. The minimum absolute atomic E-state index is 0. The summed E-state index contributed by atoms with van der Waals surface area (Å²) in [6, 6.07) is 7.82. The van der Waals surface area contributed by atoms with Gasteiger partial charge in [0.1, 0.15) is 12.4 Å². The van der Waals surface area contributed by atoms with Crippen molar-refractivity contribution < 1.29 is 6.16 Å². The van der Waals surface area contributed by atoms with Crippen LogP contribution in [-0.2, 0) is 0 Å². The Morgan fingerprint density at radius 3 is 3.07 bits per heavy atom. The molecular weight excluding hydrogens is 176 g/mol. The first kappa shape index (κ1) is 8.94. The average Bonchev–Trinajstić information content (AvgIpc) is 2.23. The van der Waals surface area contributed by atoms with Gasteiger partial charge in [-0.3, -0.25) is 0 Å². The minimum Gasteiger partial charge on any atom is -0.487 e. The number of nitrogens with one attached hydrogen (secondary N) is 1. The van der Waals surface area contributed by atoms with Gasteiger partial charge in [-0.25, -0.2) is 0 Å². The maximum atomic E-state index is 6.01. The lowest BCUT2D eigenvalue weighted by Gasteiger charge is -2.22. The van der Waals surface area contributed by atoms with Gasteiger partial charge in [0.2, 0.25) is 0 Å². The molecule has 3 heteroatoms. The van der Waals surface area contributed by atoms with E-state index in [9.17, 15) is 0 Å². The molecule has 1 aromatic rings. The highest BCUT2D eigenvalue weighted by molar-refractivity contribution is 5.72. The number of nitrogens with two attached hydrogens (primary N) is 1. The molecule has 2 rings (SSSR count). The maximum absolute atomic E-state index is 6.01. The first-order chi connectivity index (χ1) is 6.83. The second-order valence-corrected chi connectivity index (χ2v) is 3.21. The number of hydrogen-bond acceptors (Lipinski definition) is 3. The smallest absolute Gasteiger partial charge is 0.130 e. The largest absolute Gasteiger partial charge is 0.487 e. The zero-order valence-electron chi connectivity index (χ0n) is 8.21. The third-order valence-electron chi connectivity index (χ3n) is 2.26. The molecule has 0 amide bonds. The van der Waals surface area contributed by atoms with Crippen LogP contribution in [-0.4, -0.2) is 13.2 Å². The molecule has 0 aliphatic carbocycles. The van der Waals surface area contributed by atoms with E-state index in [2.05, 4.69) is 5.32 Å². The van der Waals surface area contributed by atoms with Crippen LogP contribution in [0.15, 0.2) is 30.0 Å². The van der Waals surface area contributed by atoms with Crippen LogP contribution in [0.25, 0.3) is 5.70 Å². The quantitative estimate of drug-likeness (QED) is 0.747. The summed E-state index contributed by atoms with van der Waals surface area (Å²) in [6.07, 6.45) is 0. The number of para-hydroxylation sites is 1. The van der Waals surface area contributed by atoms with Gasteiger partial charge >= 0.3 is 0 Å². The fourth-order valence-electron chi connectivity index (χ4n) is 1.56. The molecule has 1 aromatic carbocycles. The van der Waals surface area contributed by atoms with Gasteiger partial charge in [0, 0.05) is 13.5 Å². The zero-order chi connectivity index (χ0) is 9.97. The minimum atomic E-state index is 0. The summed E-state index contributed by atoms with van der Waals surface area (Å²) in [5.74, 6) is 0.867. The van der Waals surface area contributed by atoms with E-state index in [0.717, 1.165) is 29.3 Å². The van der Waals surface area contributed by atoms with Crippen LogP contribution in [0.1, 0.15) is 13.9 Å². The highest BCUT2D eigenvalue weighted by Gasteiger charge is 2.16. The second kappa shape index (κ2) is 3.62. The SMILES string of the molecule is CCNC1=C(N)c2ccccc2OC1.[HH]. The normalized spacial score (nSPS) is 14.6. The molecule has 1 aliphatic rings. The molecular formula is C11H16N2O. The Morgan fingerprint density at radius 2 is 2.29 bits per heavy atom. The lowest BCUT2D eigenvalue weighted by molar-refractivity contribution is 0.336. The van der Waals surface area contributed by atoms with E-state index < -0.39 is 0 Å². The van der Waals surface area contributed by atoms with Gasteiger partial charge in [-0.1, -0.05) is 12.1 Å². The Balaban J connectivity index is 0.00000112. The van der Waals surface area contributed by atoms with Crippen molar-refractivity contribution in [1.29, 1.82) is 0 Å². The molecule has 3 nitrogen and oxygen atoms in total. The number of hydrogen-bond donors (Lipinski definition) is 2. The molecule has 0 atom stereocenters. The predicted octanol–water partition coefficient (Wildman–Crippen LogP) is 1.56. The monoisotopic (exact) mass is 192 g/mol. The number of fused-ring (bicyclic) bond motifs is 1. The molecule has 0 radical (unpaired) electrons.